The number of thiophene rings is 2. The Morgan fingerprint density at radius 3 is 2.57 bits per heavy atom. The second-order valence-electron chi connectivity index (χ2n) is 16.5. The first-order chi connectivity index (χ1) is 26.2. The molecule has 288 valence electrons. The van der Waals surface area contributed by atoms with Gasteiger partial charge in [-0.15, -0.1) is 27.8 Å². The molecule has 4 fully saturated rings. The predicted octanol–water partition coefficient (Wildman–Crippen LogP) is 3.49. The molecule has 54 heavy (non-hydrogen) atoms. The Balaban J connectivity index is 0.751. The van der Waals surface area contributed by atoms with E-state index >= 15 is 0 Å². The van der Waals surface area contributed by atoms with Crippen molar-refractivity contribution in [3.63, 3.8) is 0 Å². The summed E-state index contributed by atoms with van der Waals surface area (Å²) < 4.78 is 8.01. The fourth-order valence-corrected chi connectivity index (χ4v) is 12.1. The van der Waals surface area contributed by atoms with Crippen LogP contribution >= 0.6 is 22.7 Å². The molecule has 2 aliphatic heterocycles. The first kappa shape index (κ1) is 36.4. The molecule has 1 amide bonds. The number of hydrogen-bond acceptors (Lipinski definition) is 12. The third kappa shape index (κ3) is 6.61. The van der Waals surface area contributed by atoms with E-state index in [0.29, 0.717) is 42.1 Å². The van der Waals surface area contributed by atoms with Gasteiger partial charge in [-0.05, 0) is 122 Å². The van der Waals surface area contributed by atoms with Gasteiger partial charge in [-0.3, -0.25) is 4.79 Å². The average molecular weight is 775 g/mol. The van der Waals surface area contributed by atoms with Gasteiger partial charge in [0.15, 0.2) is 0 Å². The minimum Gasteiger partial charge on any atom is -0.460 e. The molecule has 4 unspecified atom stereocenters. The lowest BCUT2D eigenvalue weighted by molar-refractivity contribution is -0.191. The molecule has 1 aromatic carbocycles. The molecule has 1 spiro atoms. The molecule has 0 radical (unpaired) electrons. The third-order valence-corrected chi connectivity index (χ3v) is 14.9. The Bertz CT molecular complexity index is 1930. The molecular formula is C40H50N6O6S2. The number of benzene rings is 1. The second kappa shape index (κ2) is 14.7. The highest BCUT2D eigenvalue weighted by atomic mass is 32.1. The monoisotopic (exact) mass is 774 g/mol. The topological polar surface area (TPSA) is 162 Å². The van der Waals surface area contributed by atoms with Gasteiger partial charge in [0.2, 0.25) is 11.5 Å². The highest BCUT2D eigenvalue weighted by molar-refractivity contribution is 7.12. The highest BCUT2D eigenvalue weighted by Gasteiger charge is 2.55. The number of aliphatic hydroxyl groups excluding tert-OH is 2. The molecule has 12 nitrogen and oxygen atoms in total. The molecule has 3 aliphatic carbocycles. The summed E-state index contributed by atoms with van der Waals surface area (Å²) in [7, 11) is 0. The van der Waals surface area contributed by atoms with Crippen molar-refractivity contribution < 1.29 is 29.6 Å². The number of ether oxygens (including phenoxy) is 1. The number of aryl methyl sites for hydroxylation is 2. The number of rotatable bonds is 13. The van der Waals surface area contributed by atoms with Gasteiger partial charge in [0.1, 0.15) is 11.6 Å². The van der Waals surface area contributed by atoms with Crippen LogP contribution < -0.4 is 10.6 Å². The highest BCUT2D eigenvalue weighted by Crippen LogP contribution is 2.50. The lowest BCUT2D eigenvalue weighted by Gasteiger charge is -2.58. The summed E-state index contributed by atoms with van der Waals surface area (Å²) in [5, 5.41) is 52.7. The number of hydrogen-bond donors (Lipinski definition) is 5. The lowest BCUT2D eigenvalue weighted by atomic mass is 9.61. The van der Waals surface area contributed by atoms with Crippen LogP contribution in [0.5, 0.6) is 0 Å². The van der Waals surface area contributed by atoms with Crippen molar-refractivity contribution in [3.05, 3.63) is 67.5 Å². The number of fused-ring (bicyclic) bond motifs is 4. The van der Waals surface area contributed by atoms with E-state index in [-0.39, 0.29) is 35.3 Å². The summed E-state index contributed by atoms with van der Waals surface area (Å²) in [6.45, 7) is 4.91. The van der Waals surface area contributed by atoms with E-state index in [1.54, 1.807) is 12.1 Å². The van der Waals surface area contributed by atoms with Gasteiger partial charge in [0.05, 0.1) is 33.5 Å². The van der Waals surface area contributed by atoms with Crippen molar-refractivity contribution in [3.8, 4) is 0 Å². The van der Waals surface area contributed by atoms with Gasteiger partial charge in [-0.25, -0.2) is 9.48 Å². The van der Waals surface area contributed by atoms with Gasteiger partial charge in [-0.2, -0.15) is 0 Å². The third-order valence-electron chi connectivity index (χ3n) is 13.0. The van der Waals surface area contributed by atoms with E-state index in [0.717, 1.165) is 82.2 Å². The van der Waals surface area contributed by atoms with Crippen molar-refractivity contribution in [1.82, 2.24) is 30.5 Å². The van der Waals surface area contributed by atoms with Gasteiger partial charge in [-0.1, -0.05) is 17.3 Å². The Morgan fingerprint density at radius 1 is 1.07 bits per heavy atom. The standard InChI is InChI=1S/C40H50N6O6S2/c47-31-11-9-27(28-10-12-35(49)42-36(28)31)32(48)21-41-20-24-17-30-37(29-6-1-5-26(24)29)46(44-43-30)14-4-13-45-22-39(23-45)18-25(19-39)52-38(50)40(51,33-7-2-15-53-33)34-8-3-16-54-34/h2-3,7-8,15-17,25,27-28,31-32,36,41,47-48,51H,1,4-6,9-14,18-23H2,(H,42,49)/t27?,28?,31?,32-,36?/m0/s1. The van der Waals surface area contributed by atoms with Crippen LogP contribution in [0.2, 0.25) is 0 Å². The van der Waals surface area contributed by atoms with E-state index in [9.17, 15) is 24.9 Å². The van der Waals surface area contributed by atoms with Crippen molar-refractivity contribution >= 4 is 45.6 Å². The molecule has 5 N–H and O–H groups in total. The van der Waals surface area contributed by atoms with Crippen LogP contribution in [0.25, 0.3) is 11.0 Å². The summed E-state index contributed by atoms with van der Waals surface area (Å²) in [5.41, 5.74) is 4.51. The van der Waals surface area contributed by atoms with Crippen LogP contribution in [-0.4, -0.2) is 97.6 Å². The molecule has 5 aliphatic rings. The maximum absolute atomic E-state index is 13.4. The number of aromatic nitrogens is 3. The lowest BCUT2D eigenvalue weighted by Crippen LogP contribution is -2.64. The van der Waals surface area contributed by atoms with Gasteiger partial charge in [0.25, 0.3) is 0 Å². The molecule has 14 heteroatoms. The van der Waals surface area contributed by atoms with Crippen LogP contribution in [0.15, 0.2) is 41.1 Å². The van der Waals surface area contributed by atoms with Gasteiger partial charge >= 0.3 is 5.97 Å². The van der Waals surface area contributed by atoms with Crippen molar-refractivity contribution in [2.24, 2.45) is 17.3 Å². The summed E-state index contributed by atoms with van der Waals surface area (Å²) >= 11 is 2.73. The molecule has 0 bridgehead atoms. The zero-order chi connectivity index (χ0) is 37.0. The predicted molar refractivity (Wildman–Crippen MR) is 205 cm³/mol. The normalized spacial score (nSPS) is 25.9. The second-order valence-corrected chi connectivity index (χ2v) is 18.4. The molecular weight excluding hydrogens is 725 g/mol. The van der Waals surface area contributed by atoms with Crippen LogP contribution in [-0.2, 0) is 45.9 Å². The van der Waals surface area contributed by atoms with Crippen molar-refractivity contribution in [1.29, 1.82) is 0 Å². The largest absolute Gasteiger partial charge is 0.460 e. The average Bonchev–Trinajstić information content (AvgIpc) is 3.97. The van der Waals surface area contributed by atoms with E-state index in [1.807, 2.05) is 22.9 Å². The van der Waals surface area contributed by atoms with Crippen molar-refractivity contribution in [2.45, 2.75) is 107 Å². The minimum atomic E-state index is -1.76. The zero-order valence-electron chi connectivity index (χ0n) is 30.5. The van der Waals surface area contributed by atoms with E-state index in [2.05, 4.69) is 36.6 Å². The fraction of sp³-hybridized carbons (Fsp3) is 0.600. The number of nitrogens with zero attached hydrogens (tertiary/aromatic N) is 4. The van der Waals surface area contributed by atoms with E-state index < -0.39 is 23.8 Å². The molecule has 5 heterocycles. The summed E-state index contributed by atoms with van der Waals surface area (Å²) in [5.74, 6) is -0.427. The fourth-order valence-electron chi connectivity index (χ4n) is 10.4. The number of carbonyl (C=O) groups excluding carboxylic acids is 2. The summed E-state index contributed by atoms with van der Waals surface area (Å²) in [6.07, 6.45) is 7.11. The minimum absolute atomic E-state index is 0.00404. The molecule has 9 rings (SSSR count). The maximum Gasteiger partial charge on any atom is 0.349 e. The van der Waals surface area contributed by atoms with Crippen LogP contribution in [0.1, 0.15) is 77.8 Å². The quantitative estimate of drug-likeness (QED) is 0.127. The molecule has 2 saturated heterocycles. The first-order valence-corrected chi connectivity index (χ1v) is 21.4. The summed E-state index contributed by atoms with van der Waals surface area (Å²) in [6, 6.07) is 9.19. The van der Waals surface area contributed by atoms with E-state index in [4.69, 9.17) is 4.74 Å². The number of amides is 1. The smallest absolute Gasteiger partial charge is 0.349 e. The first-order valence-electron chi connectivity index (χ1n) is 19.7. The number of esters is 1. The Hall–Kier alpha value is -3.24. The number of likely N-dealkylation sites (tertiary alicyclic amines) is 1. The SMILES string of the molecule is O=C1CCC2C(N1)C(O)CCC2[C@@H](O)CNCc1cc2nnn(CCCN3CC4(CC(OC(=O)C(O)(c5cccs5)c5cccs5)C4)C3)c2c2c1CCC2. The molecule has 2 saturated carbocycles. The number of aliphatic hydroxyl groups is 3. The Labute approximate surface area is 322 Å². The Morgan fingerprint density at radius 2 is 1.83 bits per heavy atom. The number of carbonyl (C=O) groups is 2. The van der Waals surface area contributed by atoms with Gasteiger partial charge in [0, 0.05) is 44.6 Å². The van der Waals surface area contributed by atoms with Crippen LogP contribution in [0, 0.1) is 17.3 Å². The van der Waals surface area contributed by atoms with Crippen LogP contribution in [0.3, 0.4) is 0 Å². The molecule has 4 aromatic rings. The Kier molecular flexibility index (Phi) is 9.90. The molecule has 5 atom stereocenters. The summed E-state index contributed by atoms with van der Waals surface area (Å²) in [4.78, 5) is 29.0. The van der Waals surface area contributed by atoms with E-state index in [1.165, 1.54) is 39.4 Å². The van der Waals surface area contributed by atoms with Crippen molar-refractivity contribution in [2.75, 3.05) is 26.2 Å². The maximum atomic E-state index is 13.4. The zero-order valence-corrected chi connectivity index (χ0v) is 32.1. The number of nitrogens with one attached hydrogen (secondary N) is 2. The molecule has 3 aromatic heterocycles. The number of piperidine rings is 1. The van der Waals surface area contributed by atoms with Gasteiger partial charge < -0.3 is 35.6 Å². The van der Waals surface area contributed by atoms with Crippen LogP contribution in [0.4, 0.5) is 0 Å².